The fourth-order valence-corrected chi connectivity index (χ4v) is 3.77. The molecule has 0 aliphatic carbocycles. The van der Waals surface area contributed by atoms with Crippen LogP contribution in [0.4, 0.5) is 22.0 Å². The van der Waals surface area contributed by atoms with Crippen molar-refractivity contribution in [2.45, 2.75) is 25.0 Å². The van der Waals surface area contributed by atoms with Gasteiger partial charge in [-0.3, -0.25) is 4.90 Å². The summed E-state index contributed by atoms with van der Waals surface area (Å²) in [5.74, 6) is -9.54. The van der Waals surface area contributed by atoms with Crippen molar-refractivity contribution in [2.24, 2.45) is 0 Å². The summed E-state index contributed by atoms with van der Waals surface area (Å²) in [5.41, 5.74) is 0.371. The molecule has 1 fully saturated rings. The number of hydrogen-bond acceptors (Lipinski definition) is 2. The highest BCUT2D eigenvalue weighted by molar-refractivity contribution is 5.69. The van der Waals surface area contributed by atoms with Crippen LogP contribution in [0.1, 0.15) is 17.5 Å². The van der Waals surface area contributed by atoms with E-state index in [4.69, 9.17) is 4.74 Å². The molecule has 4 rings (SSSR count). The fourth-order valence-electron chi connectivity index (χ4n) is 3.77. The van der Waals surface area contributed by atoms with Crippen LogP contribution in [-0.4, -0.2) is 30.2 Å². The number of halogens is 5. The first-order chi connectivity index (χ1) is 13.0. The van der Waals surface area contributed by atoms with Crippen molar-refractivity contribution in [2.75, 3.05) is 13.2 Å². The van der Waals surface area contributed by atoms with Gasteiger partial charge in [0.1, 0.15) is 0 Å². The molecule has 0 saturated carbocycles. The number of morpholine rings is 1. The summed E-state index contributed by atoms with van der Waals surface area (Å²) in [4.78, 5) is 2.13. The number of hydrogen-bond donors (Lipinski definition) is 0. The molecule has 0 amide bonds. The molecule has 1 saturated heterocycles. The van der Waals surface area contributed by atoms with Crippen LogP contribution in [0.5, 0.6) is 0 Å². The van der Waals surface area contributed by atoms with Gasteiger partial charge < -0.3 is 4.74 Å². The van der Waals surface area contributed by atoms with Gasteiger partial charge in [-0.1, -0.05) is 36.4 Å². The van der Waals surface area contributed by atoms with Gasteiger partial charge in [0.05, 0.1) is 24.8 Å². The molecular weight excluding hydrogens is 365 g/mol. The van der Waals surface area contributed by atoms with Gasteiger partial charge >= 0.3 is 0 Å². The van der Waals surface area contributed by atoms with E-state index in [1.54, 1.807) is 6.08 Å². The Kier molecular flexibility index (Phi) is 4.74. The molecule has 2 aliphatic heterocycles. The van der Waals surface area contributed by atoms with Crippen LogP contribution >= 0.6 is 0 Å². The normalized spacial score (nSPS) is 22.6. The zero-order chi connectivity index (χ0) is 19.1. The van der Waals surface area contributed by atoms with Crippen molar-refractivity contribution in [3.05, 3.63) is 76.6 Å². The number of benzene rings is 2. The Morgan fingerprint density at radius 2 is 1.48 bits per heavy atom. The lowest BCUT2D eigenvalue weighted by atomic mass is 9.88. The molecular formula is C20H16F5NO. The van der Waals surface area contributed by atoms with Gasteiger partial charge in [0, 0.05) is 12.6 Å². The fraction of sp³-hybridized carbons (Fsp3) is 0.300. The van der Waals surface area contributed by atoms with Crippen LogP contribution in [-0.2, 0) is 11.3 Å². The van der Waals surface area contributed by atoms with Crippen LogP contribution < -0.4 is 0 Å². The van der Waals surface area contributed by atoms with Gasteiger partial charge in [-0.25, -0.2) is 22.0 Å². The average molecular weight is 381 g/mol. The van der Waals surface area contributed by atoms with Gasteiger partial charge in [0.15, 0.2) is 23.3 Å². The summed E-state index contributed by atoms with van der Waals surface area (Å²) >= 11 is 0. The zero-order valence-electron chi connectivity index (χ0n) is 14.2. The van der Waals surface area contributed by atoms with Crippen molar-refractivity contribution in [1.29, 1.82) is 0 Å². The Morgan fingerprint density at radius 3 is 2.11 bits per heavy atom. The second-order valence-corrected chi connectivity index (χ2v) is 6.76. The highest BCUT2D eigenvalue weighted by Gasteiger charge is 2.37. The van der Waals surface area contributed by atoms with Crippen molar-refractivity contribution >= 4 is 5.57 Å². The maximum absolute atomic E-state index is 14.2. The SMILES string of the molecule is Fc1c(F)c(F)c(C2=CC3COCC(C2)N3Cc2ccccc2)c(F)c1F. The standard InChI is InChI=1S/C20H16F5NO/c21-16-15(17(22)19(24)20(25)18(16)23)12-6-13-9-27-10-14(7-12)26(13)8-11-4-2-1-3-5-11/h1-6,13-14H,7-10H2. The summed E-state index contributed by atoms with van der Waals surface area (Å²) in [6, 6.07) is 9.18. The van der Waals surface area contributed by atoms with E-state index in [1.807, 2.05) is 30.3 Å². The Balaban J connectivity index is 1.71. The smallest absolute Gasteiger partial charge is 0.200 e. The van der Waals surface area contributed by atoms with Crippen LogP contribution in [0.3, 0.4) is 0 Å². The van der Waals surface area contributed by atoms with E-state index in [2.05, 4.69) is 4.90 Å². The maximum atomic E-state index is 14.2. The van der Waals surface area contributed by atoms with Crippen molar-refractivity contribution in [3.63, 3.8) is 0 Å². The largest absolute Gasteiger partial charge is 0.378 e. The molecule has 0 N–H and O–H groups in total. The zero-order valence-corrected chi connectivity index (χ0v) is 14.2. The molecule has 27 heavy (non-hydrogen) atoms. The molecule has 2 unspecified atom stereocenters. The third-order valence-corrected chi connectivity index (χ3v) is 5.08. The van der Waals surface area contributed by atoms with E-state index < -0.39 is 34.6 Å². The second kappa shape index (κ2) is 7.05. The summed E-state index contributed by atoms with van der Waals surface area (Å²) < 4.78 is 74.4. The highest BCUT2D eigenvalue weighted by Crippen LogP contribution is 2.37. The van der Waals surface area contributed by atoms with Crippen LogP contribution in [0.15, 0.2) is 36.4 Å². The van der Waals surface area contributed by atoms with E-state index in [0.717, 1.165) is 5.56 Å². The molecule has 2 heterocycles. The van der Waals surface area contributed by atoms with Crippen molar-refractivity contribution in [3.8, 4) is 0 Å². The number of nitrogens with zero attached hydrogens (tertiary/aromatic N) is 1. The van der Waals surface area contributed by atoms with Gasteiger partial charge in [0.2, 0.25) is 5.82 Å². The van der Waals surface area contributed by atoms with Crippen molar-refractivity contribution < 1.29 is 26.7 Å². The van der Waals surface area contributed by atoms with Gasteiger partial charge in [-0.2, -0.15) is 0 Å². The average Bonchev–Trinajstić information content (AvgIpc) is 2.66. The van der Waals surface area contributed by atoms with E-state index in [0.29, 0.717) is 19.8 Å². The van der Waals surface area contributed by atoms with E-state index in [9.17, 15) is 22.0 Å². The van der Waals surface area contributed by atoms with Gasteiger partial charge in [0.25, 0.3) is 0 Å². The minimum Gasteiger partial charge on any atom is -0.378 e. The molecule has 7 heteroatoms. The lowest BCUT2D eigenvalue weighted by Gasteiger charge is -2.44. The first-order valence-electron chi connectivity index (χ1n) is 8.57. The quantitative estimate of drug-likeness (QED) is 0.443. The highest BCUT2D eigenvalue weighted by atomic mass is 19.2. The second-order valence-electron chi connectivity index (χ2n) is 6.76. The summed E-state index contributed by atoms with van der Waals surface area (Å²) in [5, 5.41) is 0. The number of ether oxygens (including phenoxy) is 1. The summed E-state index contributed by atoms with van der Waals surface area (Å²) in [6.07, 6.45) is 1.69. The van der Waals surface area contributed by atoms with Crippen molar-refractivity contribution in [1.82, 2.24) is 4.90 Å². The lowest BCUT2D eigenvalue weighted by molar-refractivity contribution is -0.0403. The molecule has 2 aromatic rings. The van der Waals surface area contributed by atoms with Gasteiger partial charge in [-0.15, -0.1) is 0 Å². The van der Waals surface area contributed by atoms with Crippen LogP contribution in [0.2, 0.25) is 0 Å². The molecule has 2 aliphatic rings. The third kappa shape index (κ3) is 3.15. The summed E-state index contributed by atoms with van der Waals surface area (Å²) in [7, 11) is 0. The molecule has 2 bridgehead atoms. The first kappa shape index (κ1) is 18.1. The molecule has 0 radical (unpaired) electrons. The molecule has 2 nitrogen and oxygen atoms in total. The predicted molar refractivity (Wildman–Crippen MR) is 89.2 cm³/mol. The number of rotatable bonds is 3. The Bertz CT molecular complexity index is 870. The minimum atomic E-state index is -2.14. The molecule has 0 spiro atoms. The van der Waals surface area contributed by atoms with Crippen LogP contribution in [0, 0.1) is 29.1 Å². The predicted octanol–water partition coefficient (Wildman–Crippen LogP) is 4.44. The van der Waals surface area contributed by atoms with E-state index in [1.165, 1.54) is 0 Å². The minimum absolute atomic E-state index is 0.130. The monoisotopic (exact) mass is 381 g/mol. The topological polar surface area (TPSA) is 12.5 Å². The Hall–Kier alpha value is -2.25. The molecule has 0 aromatic heterocycles. The van der Waals surface area contributed by atoms with Crippen LogP contribution in [0.25, 0.3) is 5.57 Å². The van der Waals surface area contributed by atoms with Gasteiger partial charge in [-0.05, 0) is 17.6 Å². The number of fused-ring (bicyclic) bond motifs is 2. The third-order valence-electron chi connectivity index (χ3n) is 5.08. The molecule has 2 atom stereocenters. The maximum Gasteiger partial charge on any atom is 0.200 e. The molecule has 2 aromatic carbocycles. The summed E-state index contributed by atoms with van der Waals surface area (Å²) in [6.45, 7) is 1.23. The first-order valence-corrected chi connectivity index (χ1v) is 8.57. The molecule has 142 valence electrons. The Labute approximate surface area is 152 Å². The van der Waals surface area contributed by atoms with E-state index in [-0.39, 0.29) is 24.1 Å². The van der Waals surface area contributed by atoms with E-state index >= 15 is 0 Å². The Morgan fingerprint density at radius 1 is 0.852 bits per heavy atom. The lowest BCUT2D eigenvalue weighted by Crippen LogP contribution is -2.53.